The van der Waals surface area contributed by atoms with Crippen molar-refractivity contribution in [2.45, 2.75) is 24.5 Å². The molecule has 12 nitrogen and oxygen atoms in total. The molecule has 1 aromatic rings. The Morgan fingerprint density at radius 2 is 2.14 bits per heavy atom. The number of hydrogen-bond acceptors (Lipinski definition) is 8. The van der Waals surface area contributed by atoms with Crippen LogP contribution in [-0.4, -0.2) is 65.6 Å². The highest BCUT2D eigenvalue weighted by Crippen LogP contribution is 2.38. The third-order valence-electron chi connectivity index (χ3n) is 2.73. The van der Waals surface area contributed by atoms with Gasteiger partial charge in [0.25, 0.3) is 5.91 Å². The van der Waals surface area contributed by atoms with Crippen LogP contribution in [0.4, 0.5) is 0 Å². The highest BCUT2D eigenvalue weighted by atomic mass is 31.2. The first kappa shape index (κ1) is 16.0. The molecule has 0 spiro atoms. The van der Waals surface area contributed by atoms with Crippen LogP contribution in [0.2, 0.25) is 0 Å². The monoisotopic (exact) mass is 324 g/mol. The van der Waals surface area contributed by atoms with E-state index in [4.69, 9.17) is 20.3 Å². The molecular formula is C8H13N4O8P. The summed E-state index contributed by atoms with van der Waals surface area (Å²) in [7, 11) is -4.73. The molecule has 1 aliphatic rings. The molecule has 118 valence electrons. The van der Waals surface area contributed by atoms with Gasteiger partial charge in [-0.05, 0) is 0 Å². The van der Waals surface area contributed by atoms with Crippen molar-refractivity contribution in [3.05, 3.63) is 12.2 Å². The van der Waals surface area contributed by atoms with E-state index in [-0.39, 0.29) is 5.82 Å². The SMILES string of the molecule is NC(=O)c1ncn([C@@H]2O[C@H](COP(=O)(O)O)[C@@H](O)C2O)n1. The number of aromatic nitrogens is 3. The number of carbonyl (C=O) groups is 1. The zero-order chi connectivity index (χ0) is 15.8. The second kappa shape index (κ2) is 5.77. The average molecular weight is 324 g/mol. The van der Waals surface area contributed by atoms with Crippen LogP contribution in [0.15, 0.2) is 6.33 Å². The molecule has 2 heterocycles. The minimum atomic E-state index is -4.73. The molecule has 4 atom stereocenters. The summed E-state index contributed by atoms with van der Waals surface area (Å²) in [5.41, 5.74) is 4.97. The predicted molar refractivity (Wildman–Crippen MR) is 62.5 cm³/mol. The fourth-order valence-electron chi connectivity index (χ4n) is 1.77. The summed E-state index contributed by atoms with van der Waals surface area (Å²) in [6, 6.07) is 0. The molecule has 13 heteroatoms. The first-order valence-corrected chi connectivity index (χ1v) is 7.14. The first-order chi connectivity index (χ1) is 9.69. The zero-order valence-corrected chi connectivity index (χ0v) is 11.3. The van der Waals surface area contributed by atoms with Crippen molar-refractivity contribution in [1.29, 1.82) is 0 Å². The third kappa shape index (κ3) is 3.63. The van der Waals surface area contributed by atoms with E-state index in [1.807, 2.05) is 0 Å². The lowest BCUT2D eigenvalue weighted by Gasteiger charge is -2.14. The highest BCUT2D eigenvalue weighted by Gasteiger charge is 2.45. The van der Waals surface area contributed by atoms with E-state index in [0.29, 0.717) is 0 Å². The van der Waals surface area contributed by atoms with Crippen molar-refractivity contribution in [2.24, 2.45) is 5.73 Å². The molecule has 6 N–H and O–H groups in total. The van der Waals surface area contributed by atoms with Crippen LogP contribution >= 0.6 is 7.82 Å². The maximum absolute atomic E-state index is 10.9. The van der Waals surface area contributed by atoms with Crippen LogP contribution in [0.3, 0.4) is 0 Å². The summed E-state index contributed by atoms with van der Waals surface area (Å²) in [5, 5.41) is 23.2. The first-order valence-electron chi connectivity index (χ1n) is 5.61. The Kier molecular flexibility index (Phi) is 4.39. The number of phosphoric ester groups is 1. The molecule has 1 fully saturated rings. The molecule has 2 rings (SSSR count). The van der Waals surface area contributed by atoms with Gasteiger partial charge in [0.15, 0.2) is 6.23 Å². The number of carbonyl (C=O) groups excluding carboxylic acids is 1. The minimum Gasteiger partial charge on any atom is -0.387 e. The maximum Gasteiger partial charge on any atom is 0.469 e. The largest absolute Gasteiger partial charge is 0.469 e. The molecule has 1 aliphatic heterocycles. The Balaban J connectivity index is 2.08. The van der Waals surface area contributed by atoms with Gasteiger partial charge in [0.1, 0.15) is 24.6 Å². The molecule has 0 radical (unpaired) electrons. The summed E-state index contributed by atoms with van der Waals surface area (Å²) in [6.07, 6.45) is -4.27. The number of hydrogen-bond donors (Lipinski definition) is 5. The summed E-state index contributed by atoms with van der Waals surface area (Å²) >= 11 is 0. The Morgan fingerprint density at radius 1 is 1.48 bits per heavy atom. The van der Waals surface area contributed by atoms with E-state index in [0.717, 1.165) is 11.0 Å². The van der Waals surface area contributed by atoms with Crippen molar-refractivity contribution in [3.63, 3.8) is 0 Å². The summed E-state index contributed by atoms with van der Waals surface area (Å²) < 4.78 is 21.0. The van der Waals surface area contributed by atoms with Gasteiger partial charge in [-0.1, -0.05) is 0 Å². The molecule has 1 aromatic heterocycles. The number of ether oxygens (including phenoxy) is 1. The van der Waals surface area contributed by atoms with E-state index in [1.165, 1.54) is 0 Å². The fourth-order valence-corrected chi connectivity index (χ4v) is 2.11. The molecule has 1 unspecified atom stereocenters. The molecule has 0 aromatic carbocycles. The van der Waals surface area contributed by atoms with Gasteiger partial charge in [0.05, 0.1) is 6.61 Å². The Bertz CT molecular complexity index is 572. The third-order valence-corrected chi connectivity index (χ3v) is 3.22. The number of phosphoric acid groups is 1. The van der Waals surface area contributed by atoms with Crippen molar-refractivity contribution >= 4 is 13.7 Å². The number of nitrogens with two attached hydrogens (primary N) is 1. The molecule has 1 saturated heterocycles. The number of rotatable bonds is 5. The van der Waals surface area contributed by atoms with E-state index < -0.39 is 44.9 Å². The minimum absolute atomic E-state index is 0.310. The van der Waals surface area contributed by atoms with Gasteiger partial charge in [-0.3, -0.25) is 9.32 Å². The van der Waals surface area contributed by atoms with Gasteiger partial charge in [0.2, 0.25) is 5.82 Å². The van der Waals surface area contributed by atoms with Gasteiger partial charge in [0, 0.05) is 0 Å². The van der Waals surface area contributed by atoms with Gasteiger partial charge in [-0.25, -0.2) is 14.2 Å². The number of amides is 1. The number of primary amides is 1. The van der Waals surface area contributed by atoms with Crippen LogP contribution in [0.25, 0.3) is 0 Å². The van der Waals surface area contributed by atoms with Gasteiger partial charge in [-0.15, -0.1) is 5.10 Å². The Morgan fingerprint density at radius 3 is 2.67 bits per heavy atom. The molecule has 1 amide bonds. The highest BCUT2D eigenvalue weighted by molar-refractivity contribution is 7.46. The lowest BCUT2D eigenvalue weighted by atomic mass is 10.1. The number of aliphatic hydroxyl groups excluding tert-OH is 2. The summed E-state index contributed by atoms with van der Waals surface area (Å²) in [5.74, 6) is -1.20. The number of aliphatic hydroxyl groups is 2. The van der Waals surface area contributed by atoms with Crippen molar-refractivity contribution < 1.29 is 38.6 Å². The quantitative estimate of drug-likeness (QED) is 0.351. The molecule has 21 heavy (non-hydrogen) atoms. The van der Waals surface area contributed by atoms with Crippen LogP contribution in [0, 0.1) is 0 Å². The second-order valence-corrected chi connectivity index (χ2v) is 5.48. The lowest BCUT2D eigenvalue weighted by Crippen LogP contribution is -2.33. The lowest BCUT2D eigenvalue weighted by molar-refractivity contribution is -0.0581. The standard InChI is InChI=1S/C8H13N4O8P/c9-6(15)7-10-2-12(11-7)8-5(14)4(13)3(20-8)1-19-21(16,17)18/h2-5,8,13-14H,1H2,(H2,9,15)(H2,16,17,18)/t3-,4-,5?,8-/m1/s1. The Labute approximate surface area is 117 Å². The zero-order valence-electron chi connectivity index (χ0n) is 10.4. The van der Waals surface area contributed by atoms with Crippen molar-refractivity contribution in [1.82, 2.24) is 14.8 Å². The van der Waals surface area contributed by atoms with Crippen LogP contribution < -0.4 is 5.73 Å². The van der Waals surface area contributed by atoms with Gasteiger partial charge in [-0.2, -0.15) is 0 Å². The smallest absolute Gasteiger partial charge is 0.387 e. The van der Waals surface area contributed by atoms with E-state index >= 15 is 0 Å². The summed E-state index contributed by atoms with van der Waals surface area (Å²) in [6.45, 7) is -0.642. The molecular weight excluding hydrogens is 311 g/mol. The molecule has 0 bridgehead atoms. The predicted octanol–water partition coefficient (Wildman–Crippen LogP) is -2.89. The van der Waals surface area contributed by atoms with E-state index in [9.17, 15) is 19.6 Å². The average Bonchev–Trinajstić information content (AvgIpc) is 2.94. The molecule has 0 saturated carbocycles. The second-order valence-electron chi connectivity index (χ2n) is 4.25. The normalized spacial score (nSPS) is 29.7. The van der Waals surface area contributed by atoms with Gasteiger partial charge < -0.3 is 30.5 Å². The Hall–Kier alpha value is -1.40. The van der Waals surface area contributed by atoms with E-state index in [2.05, 4.69) is 14.6 Å². The maximum atomic E-state index is 10.9. The van der Waals surface area contributed by atoms with Crippen LogP contribution in [0.1, 0.15) is 16.8 Å². The van der Waals surface area contributed by atoms with Crippen LogP contribution in [0.5, 0.6) is 0 Å². The summed E-state index contributed by atoms with van der Waals surface area (Å²) in [4.78, 5) is 31.6. The van der Waals surface area contributed by atoms with Gasteiger partial charge >= 0.3 is 7.82 Å². The topological polar surface area (TPSA) is 190 Å². The van der Waals surface area contributed by atoms with Crippen molar-refractivity contribution in [3.8, 4) is 0 Å². The number of nitrogens with zero attached hydrogens (tertiary/aromatic N) is 3. The molecule has 0 aliphatic carbocycles. The van der Waals surface area contributed by atoms with Crippen LogP contribution in [-0.2, 0) is 13.8 Å². The van der Waals surface area contributed by atoms with E-state index in [1.54, 1.807) is 0 Å². The fraction of sp³-hybridized carbons (Fsp3) is 0.625. The van der Waals surface area contributed by atoms with Crippen molar-refractivity contribution in [2.75, 3.05) is 6.61 Å².